The van der Waals surface area contributed by atoms with E-state index in [0.717, 1.165) is 23.9 Å². The molecule has 0 bridgehead atoms. The zero-order chi connectivity index (χ0) is 18.8. The van der Waals surface area contributed by atoms with Crippen molar-refractivity contribution in [3.8, 4) is 22.8 Å². The van der Waals surface area contributed by atoms with Crippen LogP contribution in [0, 0.1) is 0 Å². The van der Waals surface area contributed by atoms with Gasteiger partial charge in [0.15, 0.2) is 11.5 Å². The Hall–Kier alpha value is -3.80. The number of nitrogens with one attached hydrogen (secondary N) is 1. The third kappa shape index (κ3) is 2.95. The Morgan fingerprint density at radius 1 is 0.821 bits per heavy atom. The molecule has 28 heavy (non-hydrogen) atoms. The largest absolute Gasteiger partial charge is 0.464 e. The second-order valence-electron chi connectivity index (χ2n) is 6.33. The molecule has 5 aromatic rings. The van der Waals surface area contributed by atoms with Crippen LogP contribution >= 0.6 is 0 Å². The Morgan fingerprint density at radius 2 is 1.61 bits per heavy atom. The molecule has 138 valence electrons. The molecule has 5 rings (SSSR count). The molecule has 0 radical (unpaired) electrons. The van der Waals surface area contributed by atoms with Crippen LogP contribution in [0.4, 0.5) is 5.82 Å². The predicted molar refractivity (Wildman–Crippen MR) is 106 cm³/mol. The van der Waals surface area contributed by atoms with Crippen LogP contribution in [0.5, 0.6) is 0 Å². The summed E-state index contributed by atoms with van der Waals surface area (Å²) in [5.74, 6) is 2.56. The first-order valence-corrected chi connectivity index (χ1v) is 9.03. The van der Waals surface area contributed by atoms with Gasteiger partial charge >= 0.3 is 0 Å². The average molecular weight is 371 g/mol. The molecule has 6 nitrogen and oxygen atoms in total. The monoisotopic (exact) mass is 371 g/mol. The van der Waals surface area contributed by atoms with Gasteiger partial charge in [0.1, 0.15) is 17.9 Å². The highest BCUT2D eigenvalue weighted by molar-refractivity contribution is 6.04. The quantitative estimate of drug-likeness (QED) is 0.431. The molecule has 0 aliphatic heterocycles. The SMILES string of the molecule is c1ccc(CCNc2ncnc3oc(-c4ccco4)c(-c4ccco4)c23)cc1. The standard InChI is InChI=1S/C22H17N3O3/c1-2-6-15(7-3-1)10-11-23-21-19-18(16-8-4-12-26-16)20(17-9-5-13-27-17)28-22(19)25-14-24-21/h1-9,12-14H,10-11H2,(H,23,24,25). The molecular formula is C22H17N3O3. The van der Waals surface area contributed by atoms with Crippen LogP contribution in [0.2, 0.25) is 0 Å². The number of hydrogen-bond acceptors (Lipinski definition) is 6. The lowest BCUT2D eigenvalue weighted by atomic mass is 10.1. The summed E-state index contributed by atoms with van der Waals surface area (Å²) in [7, 11) is 0. The van der Waals surface area contributed by atoms with Gasteiger partial charge in [0.05, 0.1) is 23.5 Å². The minimum Gasteiger partial charge on any atom is -0.464 e. The second kappa shape index (κ2) is 7.08. The summed E-state index contributed by atoms with van der Waals surface area (Å²) in [5.41, 5.74) is 2.52. The van der Waals surface area contributed by atoms with Gasteiger partial charge in [-0.1, -0.05) is 30.3 Å². The van der Waals surface area contributed by atoms with Crippen molar-refractivity contribution >= 4 is 16.9 Å². The molecule has 0 aliphatic carbocycles. The van der Waals surface area contributed by atoms with Gasteiger partial charge in [-0.3, -0.25) is 0 Å². The summed E-state index contributed by atoms with van der Waals surface area (Å²) in [6, 6.07) is 17.7. The van der Waals surface area contributed by atoms with E-state index in [1.54, 1.807) is 12.5 Å². The van der Waals surface area contributed by atoms with E-state index in [1.165, 1.54) is 11.9 Å². The molecule has 4 aromatic heterocycles. The van der Waals surface area contributed by atoms with Crippen molar-refractivity contribution in [1.82, 2.24) is 9.97 Å². The van der Waals surface area contributed by atoms with E-state index in [-0.39, 0.29) is 0 Å². The van der Waals surface area contributed by atoms with E-state index < -0.39 is 0 Å². The van der Waals surface area contributed by atoms with E-state index in [4.69, 9.17) is 13.3 Å². The summed E-state index contributed by atoms with van der Waals surface area (Å²) < 4.78 is 17.3. The van der Waals surface area contributed by atoms with E-state index in [9.17, 15) is 0 Å². The number of furan rings is 3. The van der Waals surface area contributed by atoms with Gasteiger partial charge in [0.25, 0.3) is 0 Å². The summed E-state index contributed by atoms with van der Waals surface area (Å²) in [5, 5.41) is 4.19. The molecule has 6 heteroatoms. The number of fused-ring (bicyclic) bond motifs is 1. The van der Waals surface area contributed by atoms with Crippen LogP contribution in [0.3, 0.4) is 0 Å². The van der Waals surface area contributed by atoms with E-state index in [0.29, 0.717) is 28.8 Å². The number of aromatic nitrogens is 2. The first-order chi connectivity index (χ1) is 13.9. The Kier molecular flexibility index (Phi) is 4.14. The molecule has 0 spiro atoms. The molecule has 1 N–H and O–H groups in total. The van der Waals surface area contributed by atoms with Gasteiger partial charge in [-0.2, -0.15) is 0 Å². The molecule has 0 fully saturated rings. The fourth-order valence-corrected chi connectivity index (χ4v) is 3.27. The fourth-order valence-electron chi connectivity index (χ4n) is 3.27. The fraction of sp³-hybridized carbons (Fsp3) is 0.0909. The molecule has 0 aliphatic rings. The van der Waals surface area contributed by atoms with Crippen molar-refractivity contribution in [1.29, 1.82) is 0 Å². The van der Waals surface area contributed by atoms with Crippen molar-refractivity contribution in [2.45, 2.75) is 6.42 Å². The Morgan fingerprint density at radius 3 is 2.36 bits per heavy atom. The number of benzene rings is 1. The van der Waals surface area contributed by atoms with Crippen molar-refractivity contribution in [3.05, 3.63) is 79.0 Å². The van der Waals surface area contributed by atoms with Crippen LogP contribution < -0.4 is 5.32 Å². The van der Waals surface area contributed by atoms with Crippen LogP contribution in [0.25, 0.3) is 33.9 Å². The third-order valence-corrected chi connectivity index (χ3v) is 4.55. The topological polar surface area (TPSA) is 77.2 Å². The minimum absolute atomic E-state index is 0.481. The molecule has 0 amide bonds. The highest BCUT2D eigenvalue weighted by atomic mass is 16.4. The summed E-state index contributed by atoms with van der Waals surface area (Å²) in [6.45, 7) is 0.731. The van der Waals surface area contributed by atoms with Crippen molar-refractivity contribution in [2.75, 3.05) is 11.9 Å². The molecule has 4 heterocycles. The lowest BCUT2D eigenvalue weighted by molar-refractivity contribution is 0.536. The Balaban J connectivity index is 1.57. The molecule has 0 saturated heterocycles. The maximum absolute atomic E-state index is 6.03. The smallest absolute Gasteiger partial charge is 0.232 e. The van der Waals surface area contributed by atoms with E-state index in [1.807, 2.05) is 42.5 Å². The number of rotatable bonds is 6. The highest BCUT2D eigenvalue weighted by Crippen LogP contribution is 2.42. The van der Waals surface area contributed by atoms with Gasteiger partial charge in [0.2, 0.25) is 5.71 Å². The van der Waals surface area contributed by atoms with Gasteiger partial charge in [-0.25, -0.2) is 9.97 Å². The maximum atomic E-state index is 6.03. The Bertz CT molecular complexity index is 1180. The second-order valence-corrected chi connectivity index (χ2v) is 6.33. The van der Waals surface area contributed by atoms with E-state index >= 15 is 0 Å². The average Bonchev–Trinajstić information content (AvgIpc) is 3.48. The summed E-state index contributed by atoms with van der Waals surface area (Å²) >= 11 is 0. The Labute approximate surface area is 160 Å². The molecule has 0 unspecified atom stereocenters. The van der Waals surface area contributed by atoms with Crippen LogP contribution in [-0.4, -0.2) is 16.5 Å². The zero-order valence-corrected chi connectivity index (χ0v) is 15.0. The van der Waals surface area contributed by atoms with E-state index in [2.05, 4.69) is 27.4 Å². The lowest BCUT2D eigenvalue weighted by Gasteiger charge is -2.07. The van der Waals surface area contributed by atoms with Gasteiger partial charge in [-0.15, -0.1) is 0 Å². The first-order valence-electron chi connectivity index (χ1n) is 9.03. The van der Waals surface area contributed by atoms with Crippen molar-refractivity contribution in [2.24, 2.45) is 0 Å². The molecule has 0 saturated carbocycles. The van der Waals surface area contributed by atoms with Crippen LogP contribution in [0.1, 0.15) is 5.56 Å². The molecule has 1 aromatic carbocycles. The highest BCUT2D eigenvalue weighted by Gasteiger charge is 2.25. The van der Waals surface area contributed by atoms with Gasteiger partial charge in [0, 0.05) is 6.54 Å². The normalized spacial score (nSPS) is 11.1. The summed E-state index contributed by atoms with van der Waals surface area (Å²) in [6.07, 6.45) is 5.62. The number of anilines is 1. The van der Waals surface area contributed by atoms with Crippen LogP contribution in [0.15, 0.2) is 86.7 Å². The third-order valence-electron chi connectivity index (χ3n) is 4.55. The maximum Gasteiger partial charge on any atom is 0.232 e. The lowest BCUT2D eigenvalue weighted by Crippen LogP contribution is -2.07. The van der Waals surface area contributed by atoms with Gasteiger partial charge in [-0.05, 0) is 36.2 Å². The van der Waals surface area contributed by atoms with Crippen LogP contribution in [-0.2, 0) is 6.42 Å². The number of hydrogen-bond donors (Lipinski definition) is 1. The zero-order valence-electron chi connectivity index (χ0n) is 15.0. The predicted octanol–water partition coefficient (Wildman–Crippen LogP) is 5.40. The molecule has 0 atom stereocenters. The first kappa shape index (κ1) is 16.4. The van der Waals surface area contributed by atoms with Gasteiger partial charge < -0.3 is 18.6 Å². The minimum atomic E-state index is 0.481. The summed E-state index contributed by atoms with van der Waals surface area (Å²) in [4.78, 5) is 8.76. The number of nitrogens with zero attached hydrogens (tertiary/aromatic N) is 2. The van der Waals surface area contributed by atoms with Crippen molar-refractivity contribution < 1.29 is 13.3 Å². The molecular weight excluding hydrogens is 354 g/mol. The van der Waals surface area contributed by atoms with Crippen molar-refractivity contribution in [3.63, 3.8) is 0 Å².